The van der Waals surface area contributed by atoms with Crippen LogP contribution in [0, 0.1) is 5.41 Å². The van der Waals surface area contributed by atoms with Gasteiger partial charge in [-0.15, -0.1) is 0 Å². The van der Waals surface area contributed by atoms with Crippen LogP contribution in [0.15, 0.2) is 18.7 Å². The summed E-state index contributed by atoms with van der Waals surface area (Å²) in [5.41, 5.74) is 5.13. The minimum absolute atomic E-state index is 0.00549. The Bertz CT molecular complexity index is 486. The van der Waals surface area contributed by atoms with E-state index in [0.717, 1.165) is 0 Å². The minimum Gasteiger partial charge on any atom is -0.378 e. The molecular formula is C15H26N4O2. The second kappa shape index (κ2) is 5.77. The molecule has 0 aromatic carbocycles. The summed E-state index contributed by atoms with van der Waals surface area (Å²) >= 11 is 0. The van der Waals surface area contributed by atoms with E-state index in [1.54, 1.807) is 12.5 Å². The van der Waals surface area contributed by atoms with E-state index in [-0.39, 0.29) is 23.5 Å². The van der Waals surface area contributed by atoms with Crippen LogP contribution in [0.25, 0.3) is 0 Å². The Morgan fingerprint density at radius 1 is 1.62 bits per heavy atom. The SMILES string of the molecule is CCOC1CC(N)(C(=O)NC(C)Cn2ccnc2)C1(C)C. The summed E-state index contributed by atoms with van der Waals surface area (Å²) in [6, 6.07) is -0.00549. The summed E-state index contributed by atoms with van der Waals surface area (Å²) in [5, 5.41) is 3.01. The van der Waals surface area contributed by atoms with Crippen molar-refractivity contribution >= 4 is 5.91 Å². The number of ether oxygens (including phenoxy) is 1. The van der Waals surface area contributed by atoms with Gasteiger partial charge in [-0.05, 0) is 13.8 Å². The molecule has 1 aliphatic rings. The number of amides is 1. The normalized spacial score (nSPS) is 28.7. The number of carbonyl (C=O) groups is 1. The molecule has 1 heterocycles. The molecule has 0 spiro atoms. The number of hydrogen-bond acceptors (Lipinski definition) is 4. The molecule has 1 fully saturated rings. The zero-order valence-electron chi connectivity index (χ0n) is 13.3. The van der Waals surface area contributed by atoms with E-state index in [2.05, 4.69) is 10.3 Å². The van der Waals surface area contributed by atoms with Crippen molar-refractivity contribution in [2.24, 2.45) is 11.1 Å². The molecule has 118 valence electrons. The molecule has 3 N–H and O–H groups in total. The van der Waals surface area contributed by atoms with Crippen molar-refractivity contribution in [3.63, 3.8) is 0 Å². The standard InChI is InChI=1S/C15H26N4O2/c1-5-21-12-8-15(16,14(12,3)4)13(20)18-11(2)9-19-7-6-17-10-19/h6-7,10-12H,5,8-9,16H2,1-4H3,(H,18,20). The van der Waals surface area contributed by atoms with Gasteiger partial charge in [0.2, 0.25) is 5.91 Å². The van der Waals surface area contributed by atoms with Crippen LogP contribution in [0.3, 0.4) is 0 Å². The third-order valence-electron chi connectivity index (χ3n) is 4.66. The van der Waals surface area contributed by atoms with Crippen molar-refractivity contribution in [2.75, 3.05) is 6.61 Å². The Labute approximate surface area is 126 Å². The van der Waals surface area contributed by atoms with Gasteiger partial charge in [-0.3, -0.25) is 4.79 Å². The van der Waals surface area contributed by atoms with Gasteiger partial charge in [0.1, 0.15) is 5.54 Å². The first-order valence-corrected chi connectivity index (χ1v) is 7.48. The summed E-state index contributed by atoms with van der Waals surface area (Å²) in [6.07, 6.45) is 5.94. The molecule has 0 saturated heterocycles. The highest BCUT2D eigenvalue weighted by atomic mass is 16.5. The molecule has 1 aromatic heterocycles. The Morgan fingerprint density at radius 3 is 2.86 bits per heavy atom. The van der Waals surface area contributed by atoms with E-state index in [4.69, 9.17) is 10.5 Å². The Hall–Kier alpha value is -1.40. The molecule has 21 heavy (non-hydrogen) atoms. The summed E-state index contributed by atoms with van der Waals surface area (Å²) in [7, 11) is 0. The fourth-order valence-corrected chi connectivity index (χ4v) is 2.93. The summed E-state index contributed by atoms with van der Waals surface area (Å²) in [5.74, 6) is -0.101. The number of nitrogens with two attached hydrogens (primary N) is 1. The number of nitrogens with one attached hydrogen (secondary N) is 1. The number of rotatable bonds is 6. The van der Waals surface area contributed by atoms with Crippen molar-refractivity contribution in [3.8, 4) is 0 Å². The molecule has 6 heteroatoms. The lowest BCUT2D eigenvalue weighted by Crippen LogP contribution is -2.76. The lowest BCUT2D eigenvalue weighted by molar-refractivity contribution is -0.171. The van der Waals surface area contributed by atoms with Gasteiger partial charge in [0.25, 0.3) is 0 Å². The van der Waals surface area contributed by atoms with Gasteiger partial charge in [-0.2, -0.15) is 0 Å². The fourth-order valence-electron chi connectivity index (χ4n) is 2.93. The topological polar surface area (TPSA) is 82.2 Å². The fraction of sp³-hybridized carbons (Fsp3) is 0.733. The lowest BCUT2D eigenvalue weighted by Gasteiger charge is -2.57. The molecule has 6 nitrogen and oxygen atoms in total. The first-order valence-electron chi connectivity index (χ1n) is 7.48. The first kappa shape index (κ1) is 16.0. The smallest absolute Gasteiger partial charge is 0.241 e. The number of carbonyl (C=O) groups excluding carboxylic acids is 1. The van der Waals surface area contributed by atoms with Crippen molar-refractivity contribution < 1.29 is 9.53 Å². The lowest BCUT2D eigenvalue weighted by atomic mass is 9.54. The Morgan fingerprint density at radius 2 is 2.33 bits per heavy atom. The zero-order chi connectivity index (χ0) is 15.7. The van der Waals surface area contributed by atoms with Crippen LogP contribution in [-0.2, 0) is 16.1 Å². The Kier molecular flexibility index (Phi) is 4.39. The van der Waals surface area contributed by atoms with Gasteiger partial charge < -0.3 is 20.4 Å². The third kappa shape index (κ3) is 2.82. The maximum Gasteiger partial charge on any atom is 0.241 e. The minimum atomic E-state index is -0.865. The zero-order valence-corrected chi connectivity index (χ0v) is 13.3. The molecule has 3 unspecified atom stereocenters. The van der Waals surface area contributed by atoms with Gasteiger partial charge in [0.15, 0.2) is 0 Å². The highest BCUT2D eigenvalue weighted by Gasteiger charge is 2.62. The van der Waals surface area contributed by atoms with Crippen molar-refractivity contribution in [3.05, 3.63) is 18.7 Å². The molecule has 0 bridgehead atoms. The van der Waals surface area contributed by atoms with Crippen LogP contribution in [0.2, 0.25) is 0 Å². The monoisotopic (exact) mass is 294 g/mol. The van der Waals surface area contributed by atoms with Crippen LogP contribution in [0.5, 0.6) is 0 Å². The van der Waals surface area contributed by atoms with Gasteiger partial charge in [0.05, 0.1) is 12.4 Å². The summed E-state index contributed by atoms with van der Waals surface area (Å²) in [4.78, 5) is 16.5. The van der Waals surface area contributed by atoms with E-state index in [0.29, 0.717) is 19.6 Å². The average molecular weight is 294 g/mol. The number of hydrogen-bond donors (Lipinski definition) is 2. The van der Waals surface area contributed by atoms with Gasteiger partial charge in [-0.1, -0.05) is 13.8 Å². The summed E-state index contributed by atoms with van der Waals surface area (Å²) in [6.45, 7) is 9.24. The molecule has 2 rings (SSSR count). The second-order valence-corrected chi connectivity index (χ2v) is 6.48. The van der Waals surface area contributed by atoms with Gasteiger partial charge >= 0.3 is 0 Å². The predicted octanol–water partition coefficient (Wildman–Crippen LogP) is 0.920. The molecule has 1 aromatic rings. The van der Waals surface area contributed by atoms with Crippen molar-refractivity contribution in [1.29, 1.82) is 0 Å². The maximum absolute atomic E-state index is 12.5. The van der Waals surface area contributed by atoms with Crippen LogP contribution < -0.4 is 11.1 Å². The number of imidazole rings is 1. The van der Waals surface area contributed by atoms with E-state index in [9.17, 15) is 4.79 Å². The molecule has 1 saturated carbocycles. The van der Waals surface area contributed by atoms with Crippen molar-refractivity contribution in [2.45, 2.75) is 58.3 Å². The number of nitrogens with zero attached hydrogens (tertiary/aromatic N) is 2. The largest absolute Gasteiger partial charge is 0.378 e. The third-order valence-corrected chi connectivity index (χ3v) is 4.66. The predicted molar refractivity (Wildman–Crippen MR) is 80.6 cm³/mol. The van der Waals surface area contributed by atoms with Crippen LogP contribution >= 0.6 is 0 Å². The maximum atomic E-state index is 12.5. The molecule has 1 aliphatic carbocycles. The molecule has 1 amide bonds. The van der Waals surface area contributed by atoms with E-state index in [1.807, 2.05) is 38.5 Å². The molecule has 0 aliphatic heterocycles. The summed E-state index contributed by atoms with van der Waals surface area (Å²) < 4.78 is 7.59. The van der Waals surface area contributed by atoms with Crippen LogP contribution in [0.1, 0.15) is 34.1 Å². The Balaban J connectivity index is 1.94. The highest BCUT2D eigenvalue weighted by molar-refractivity contribution is 5.89. The van der Waals surface area contributed by atoms with Gasteiger partial charge in [0, 0.05) is 43.4 Å². The van der Waals surface area contributed by atoms with Crippen molar-refractivity contribution in [1.82, 2.24) is 14.9 Å². The van der Waals surface area contributed by atoms with Gasteiger partial charge in [-0.25, -0.2) is 4.98 Å². The van der Waals surface area contributed by atoms with Crippen LogP contribution in [0.4, 0.5) is 0 Å². The highest BCUT2D eigenvalue weighted by Crippen LogP contribution is 2.49. The van der Waals surface area contributed by atoms with E-state index in [1.165, 1.54) is 0 Å². The van der Waals surface area contributed by atoms with Crippen LogP contribution in [-0.4, -0.2) is 39.7 Å². The molecule has 3 atom stereocenters. The average Bonchev–Trinajstić information content (AvgIpc) is 2.90. The second-order valence-electron chi connectivity index (χ2n) is 6.48. The number of aromatic nitrogens is 2. The van der Waals surface area contributed by atoms with E-state index < -0.39 is 5.54 Å². The molecule has 0 radical (unpaired) electrons. The molecular weight excluding hydrogens is 268 g/mol. The first-order chi connectivity index (χ1) is 9.81. The van der Waals surface area contributed by atoms with E-state index >= 15 is 0 Å². The quantitative estimate of drug-likeness (QED) is 0.817.